The van der Waals surface area contributed by atoms with Crippen LogP contribution in [-0.4, -0.2) is 14.8 Å². The quantitative estimate of drug-likeness (QED) is 0.655. The number of rotatable bonds is 5. The van der Waals surface area contributed by atoms with E-state index < -0.39 is 0 Å². The van der Waals surface area contributed by atoms with E-state index in [4.69, 9.17) is 0 Å². The van der Waals surface area contributed by atoms with Gasteiger partial charge in [-0.3, -0.25) is 4.68 Å². The lowest BCUT2D eigenvalue weighted by atomic mass is 10.1. The van der Waals surface area contributed by atoms with Gasteiger partial charge in [0.2, 0.25) is 0 Å². The van der Waals surface area contributed by atoms with Crippen molar-refractivity contribution >= 4 is 11.3 Å². The van der Waals surface area contributed by atoms with Gasteiger partial charge < -0.3 is 0 Å². The van der Waals surface area contributed by atoms with Crippen LogP contribution in [0.2, 0.25) is 0 Å². The first-order chi connectivity index (χ1) is 9.86. The fourth-order valence-corrected chi connectivity index (χ4v) is 2.68. The van der Waals surface area contributed by atoms with Gasteiger partial charge in [-0.25, -0.2) is 4.98 Å². The molecular weight excluding hydrogens is 266 g/mol. The van der Waals surface area contributed by atoms with Crippen molar-refractivity contribution in [1.82, 2.24) is 14.8 Å². The molecule has 2 heterocycles. The highest BCUT2D eigenvalue weighted by Gasteiger charge is 2.05. The maximum absolute atomic E-state index is 4.59. The van der Waals surface area contributed by atoms with Crippen LogP contribution >= 0.6 is 11.3 Å². The molecule has 100 valence electrons. The van der Waals surface area contributed by atoms with Gasteiger partial charge in [-0.2, -0.15) is 5.10 Å². The summed E-state index contributed by atoms with van der Waals surface area (Å²) in [6, 6.07) is 10.4. The average molecular weight is 281 g/mol. The molecule has 3 rings (SSSR count). The summed E-state index contributed by atoms with van der Waals surface area (Å²) in [5, 5.41) is 7.62. The summed E-state index contributed by atoms with van der Waals surface area (Å²) >= 11 is 1.65. The van der Waals surface area contributed by atoms with Crippen molar-refractivity contribution in [2.24, 2.45) is 0 Å². The molecule has 0 N–H and O–H groups in total. The Morgan fingerprint density at radius 3 is 2.95 bits per heavy atom. The Hall–Kier alpha value is -2.20. The van der Waals surface area contributed by atoms with Gasteiger partial charge >= 0.3 is 0 Å². The van der Waals surface area contributed by atoms with Crippen LogP contribution in [0.15, 0.2) is 60.8 Å². The standard InChI is InChI=1S/C16H15N3S/c1-2-3-9-19-10-7-15(18-19)13-5-4-6-14(12-13)16-17-8-11-20-16/h2,4-8,10-12H,1,3,9H2. The fraction of sp³-hybridized carbons (Fsp3) is 0.125. The van der Waals surface area contributed by atoms with Crippen molar-refractivity contribution in [2.75, 3.05) is 0 Å². The number of allylic oxidation sites excluding steroid dienone is 1. The highest BCUT2D eigenvalue weighted by Crippen LogP contribution is 2.26. The smallest absolute Gasteiger partial charge is 0.123 e. The normalized spacial score (nSPS) is 10.6. The van der Waals surface area contributed by atoms with E-state index in [9.17, 15) is 0 Å². The number of benzene rings is 1. The average Bonchev–Trinajstić information content (AvgIpc) is 3.17. The number of aryl methyl sites for hydroxylation is 1. The van der Waals surface area contributed by atoms with Gasteiger partial charge in [0, 0.05) is 35.4 Å². The molecule has 0 spiro atoms. The zero-order valence-electron chi connectivity index (χ0n) is 11.1. The molecular formula is C16H15N3S. The first kappa shape index (κ1) is 12.8. The molecule has 0 amide bonds. The molecule has 3 aromatic rings. The minimum atomic E-state index is 0.871. The van der Waals surface area contributed by atoms with Crippen LogP contribution in [0.5, 0.6) is 0 Å². The van der Waals surface area contributed by atoms with E-state index in [0.717, 1.165) is 34.8 Å². The number of thiazole rings is 1. The maximum Gasteiger partial charge on any atom is 0.123 e. The minimum absolute atomic E-state index is 0.871. The van der Waals surface area contributed by atoms with E-state index in [1.165, 1.54) is 0 Å². The zero-order chi connectivity index (χ0) is 13.8. The van der Waals surface area contributed by atoms with Crippen molar-refractivity contribution in [3.05, 3.63) is 60.8 Å². The Morgan fingerprint density at radius 1 is 1.25 bits per heavy atom. The number of hydrogen-bond donors (Lipinski definition) is 0. The Morgan fingerprint density at radius 2 is 2.15 bits per heavy atom. The van der Waals surface area contributed by atoms with Crippen LogP contribution in [-0.2, 0) is 6.54 Å². The molecule has 3 nitrogen and oxygen atoms in total. The van der Waals surface area contributed by atoms with Gasteiger partial charge in [0.25, 0.3) is 0 Å². The van der Waals surface area contributed by atoms with Gasteiger partial charge in [-0.15, -0.1) is 17.9 Å². The topological polar surface area (TPSA) is 30.7 Å². The van der Waals surface area contributed by atoms with Crippen LogP contribution in [0, 0.1) is 0 Å². The van der Waals surface area contributed by atoms with E-state index in [2.05, 4.69) is 40.9 Å². The Balaban J connectivity index is 1.88. The number of aromatic nitrogens is 3. The molecule has 0 saturated heterocycles. The van der Waals surface area contributed by atoms with E-state index in [1.54, 1.807) is 11.3 Å². The molecule has 0 saturated carbocycles. The molecule has 4 heteroatoms. The number of nitrogens with zero attached hydrogens (tertiary/aromatic N) is 3. The van der Waals surface area contributed by atoms with Gasteiger partial charge in [0.1, 0.15) is 5.01 Å². The molecule has 0 bridgehead atoms. The highest BCUT2D eigenvalue weighted by molar-refractivity contribution is 7.13. The lowest BCUT2D eigenvalue weighted by Crippen LogP contribution is -1.97. The molecule has 0 unspecified atom stereocenters. The van der Waals surface area contributed by atoms with Gasteiger partial charge in [-0.1, -0.05) is 24.3 Å². The summed E-state index contributed by atoms with van der Waals surface area (Å²) in [7, 11) is 0. The Kier molecular flexibility index (Phi) is 3.74. The van der Waals surface area contributed by atoms with Crippen LogP contribution in [0.25, 0.3) is 21.8 Å². The summed E-state index contributed by atoms with van der Waals surface area (Å²) in [6.07, 6.45) is 6.68. The molecule has 0 aliphatic carbocycles. The summed E-state index contributed by atoms with van der Waals surface area (Å²) in [5.74, 6) is 0. The van der Waals surface area contributed by atoms with E-state index in [-0.39, 0.29) is 0 Å². The minimum Gasteiger partial charge on any atom is -0.272 e. The summed E-state index contributed by atoms with van der Waals surface area (Å²) in [5.41, 5.74) is 3.25. The van der Waals surface area contributed by atoms with Gasteiger partial charge in [-0.05, 0) is 18.6 Å². The number of hydrogen-bond acceptors (Lipinski definition) is 3. The third-order valence-electron chi connectivity index (χ3n) is 3.04. The molecule has 2 aromatic heterocycles. The van der Waals surface area contributed by atoms with E-state index >= 15 is 0 Å². The van der Waals surface area contributed by atoms with Crippen LogP contribution in [0.4, 0.5) is 0 Å². The Bertz CT molecular complexity index is 698. The van der Waals surface area contributed by atoms with Crippen LogP contribution < -0.4 is 0 Å². The maximum atomic E-state index is 4.59. The van der Waals surface area contributed by atoms with Gasteiger partial charge in [0.15, 0.2) is 0 Å². The monoisotopic (exact) mass is 281 g/mol. The zero-order valence-corrected chi connectivity index (χ0v) is 11.9. The fourth-order valence-electron chi connectivity index (χ4n) is 2.04. The second-order valence-corrected chi connectivity index (χ2v) is 5.35. The second-order valence-electron chi connectivity index (χ2n) is 4.46. The second kappa shape index (κ2) is 5.84. The van der Waals surface area contributed by atoms with Crippen molar-refractivity contribution in [2.45, 2.75) is 13.0 Å². The third-order valence-corrected chi connectivity index (χ3v) is 3.86. The van der Waals surface area contributed by atoms with Gasteiger partial charge in [0.05, 0.1) is 5.69 Å². The highest BCUT2D eigenvalue weighted by atomic mass is 32.1. The predicted octanol–water partition coefficient (Wildman–Crippen LogP) is 4.25. The van der Waals surface area contributed by atoms with Crippen molar-refractivity contribution in [3.8, 4) is 21.8 Å². The predicted molar refractivity (Wildman–Crippen MR) is 83.6 cm³/mol. The Labute approximate surface area is 122 Å². The molecule has 0 aliphatic heterocycles. The van der Waals surface area contributed by atoms with Crippen LogP contribution in [0.3, 0.4) is 0 Å². The molecule has 0 atom stereocenters. The first-order valence-electron chi connectivity index (χ1n) is 6.51. The molecule has 20 heavy (non-hydrogen) atoms. The SMILES string of the molecule is C=CCCn1ccc(-c2cccc(-c3nccs3)c2)n1. The molecule has 0 radical (unpaired) electrons. The van der Waals surface area contributed by atoms with E-state index in [0.29, 0.717) is 0 Å². The van der Waals surface area contributed by atoms with Crippen molar-refractivity contribution in [1.29, 1.82) is 0 Å². The molecule has 1 aromatic carbocycles. The van der Waals surface area contributed by atoms with Crippen LogP contribution in [0.1, 0.15) is 6.42 Å². The lowest BCUT2D eigenvalue weighted by molar-refractivity contribution is 0.626. The summed E-state index contributed by atoms with van der Waals surface area (Å²) in [6.45, 7) is 4.60. The van der Waals surface area contributed by atoms with Crippen molar-refractivity contribution in [3.63, 3.8) is 0 Å². The third kappa shape index (κ3) is 2.70. The summed E-state index contributed by atoms with van der Waals surface area (Å²) in [4.78, 5) is 4.35. The molecule has 0 fully saturated rings. The lowest BCUT2D eigenvalue weighted by Gasteiger charge is -2.01. The van der Waals surface area contributed by atoms with Crippen molar-refractivity contribution < 1.29 is 0 Å². The summed E-state index contributed by atoms with van der Waals surface area (Å²) < 4.78 is 1.95. The van der Waals surface area contributed by atoms with E-state index in [1.807, 2.05) is 34.6 Å². The first-order valence-corrected chi connectivity index (χ1v) is 7.39. The largest absolute Gasteiger partial charge is 0.272 e. The molecule has 0 aliphatic rings.